The highest BCUT2D eigenvalue weighted by Crippen LogP contribution is 2.43. The Bertz CT molecular complexity index is 946. The predicted molar refractivity (Wildman–Crippen MR) is 104 cm³/mol. The van der Waals surface area contributed by atoms with Crippen molar-refractivity contribution in [1.82, 2.24) is 4.98 Å². The van der Waals surface area contributed by atoms with Gasteiger partial charge in [-0.05, 0) is 43.2 Å². The Morgan fingerprint density at radius 1 is 1.17 bits per heavy atom. The highest BCUT2D eigenvalue weighted by Gasteiger charge is 2.45. The van der Waals surface area contributed by atoms with Crippen LogP contribution in [0.4, 0.5) is 24.7 Å². The molecule has 0 unspecified atom stereocenters. The molecule has 2 fully saturated rings. The van der Waals surface area contributed by atoms with Gasteiger partial charge in [-0.15, -0.1) is 0 Å². The lowest BCUT2D eigenvalue weighted by Crippen LogP contribution is -2.59. The molecule has 0 aliphatic carbocycles. The van der Waals surface area contributed by atoms with Crippen LogP contribution in [0.5, 0.6) is 0 Å². The molecule has 9 heteroatoms. The second-order valence-electron chi connectivity index (χ2n) is 7.76. The molecule has 1 N–H and O–H groups in total. The molecular formula is C21H20F3N3O3. The molecule has 4 rings (SSSR count). The first-order valence-electron chi connectivity index (χ1n) is 9.56. The highest BCUT2D eigenvalue weighted by molar-refractivity contribution is 6.07. The van der Waals surface area contributed by atoms with E-state index in [1.807, 2.05) is 4.90 Å². The van der Waals surface area contributed by atoms with E-state index >= 15 is 0 Å². The quantitative estimate of drug-likeness (QED) is 0.764. The van der Waals surface area contributed by atoms with E-state index in [2.05, 4.69) is 10.3 Å². The van der Waals surface area contributed by atoms with Crippen molar-refractivity contribution in [2.45, 2.75) is 19.0 Å². The maximum atomic E-state index is 13.2. The maximum absolute atomic E-state index is 13.2. The van der Waals surface area contributed by atoms with E-state index in [1.165, 1.54) is 24.3 Å². The lowest BCUT2D eigenvalue weighted by atomic mass is 9.73. The molecule has 0 saturated carbocycles. The van der Waals surface area contributed by atoms with E-state index in [0.29, 0.717) is 43.8 Å². The molecular weight excluding hydrogens is 399 g/mol. The molecule has 30 heavy (non-hydrogen) atoms. The van der Waals surface area contributed by atoms with Gasteiger partial charge < -0.3 is 15.0 Å². The summed E-state index contributed by atoms with van der Waals surface area (Å²) in [5, 5.41) is 2.59. The molecule has 3 heterocycles. The largest absolute Gasteiger partial charge is 0.417 e. The number of pyridine rings is 1. The van der Waals surface area contributed by atoms with Crippen LogP contribution in [-0.2, 0) is 10.9 Å². The van der Waals surface area contributed by atoms with Crippen molar-refractivity contribution in [1.29, 1.82) is 0 Å². The highest BCUT2D eigenvalue weighted by atomic mass is 19.4. The summed E-state index contributed by atoms with van der Waals surface area (Å²) in [6, 6.07) is 6.90. The molecule has 0 atom stereocenters. The van der Waals surface area contributed by atoms with Crippen LogP contribution in [0.2, 0.25) is 0 Å². The first kappa shape index (κ1) is 20.3. The first-order chi connectivity index (χ1) is 14.3. The first-order valence-corrected chi connectivity index (χ1v) is 9.56. The molecule has 1 amide bonds. The summed E-state index contributed by atoms with van der Waals surface area (Å²) in [4.78, 5) is 29.5. The summed E-state index contributed by atoms with van der Waals surface area (Å²) >= 11 is 0. The Morgan fingerprint density at radius 3 is 2.43 bits per heavy atom. The molecule has 1 spiro atoms. The number of carbonyl (C=O) groups is 2. The van der Waals surface area contributed by atoms with Crippen molar-refractivity contribution in [2.24, 2.45) is 5.41 Å². The number of aldehydes is 1. The fourth-order valence-electron chi connectivity index (χ4n) is 3.91. The topological polar surface area (TPSA) is 71.5 Å². The average Bonchev–Trinajstić information content (AvgIpc) is 2.72. The van der Waals surface area contributed by atoms with E-state index in [4.69, 9.17) is 4.74 Å². The third kappa shape index (κ3) is 4.02. The molecule has 2 aromatic rings. The number of rotatable bonds is 4. The number of anilines is 2. The van der Waals surface area contributed by atoms with E-state index in [0.717, 1.165) is 25.1 Å². The molecule has 2 aliphatic heterocycles. The van der Waals surface area contributed by atoms with Gasteiger partial charge in [0.05, 0.1) is 11.1 Å². The van der Waals surface area contributed by atoms with Gasteiger partial charge >= 0.3 is 6.18 Å². The van der Waals surface area contributed by atoms with Gasteiger partial charge in [0.15, 0.2) is 0 Å². The van der Waals surface area contributed by atoms with Crippen molar-refractivity contribution in [3.63, 3.8) is 0 Å². The number of hydrogen-bond donors (Lipinski definition) is 1. The van der Waals surface area contributed by atoms with Gasteiger partial charge in [0, 0.05) is 49.2 Å². The number of nitrogens with one attached hydrogen (secondary N) is 1. The molecule has 158 valence electrons. The third-order valence-corrected chi connectivity index (χ3v) is 5.65. The lowest BCUT2D eigenvalue weighted by molar-refractivity contribution is -0.137. The number of aromatic nitrogens is 1. The zero-order chi connectivity index (χ0) is 21.4. The van der Waals surface area contributed by atoms with E-state index in [1.54, 1.807) is 0 Å². The number of amides is 1. The molecule has 0 radical (unpaired) electrons. The fourth-order valence-corrected chi connectivity index (χ4v) is 3.91. The molecule has 0 bridgehead atoms. The van der Waals surface area contributed by atoms with Gasteiger partial charge in [-0.25, -0.2) is 4.98 Å². The number of hydrogen-bond acceptors (Lipinski definition) is 5. The zero-order valence-corrected chi connectivity index (χ0v) is 16.0. The van der Waals surface area contributed by atoms with E-state index < -0.39 is 17.6 Å². The van der Waals surface area contributed by atoms with Crippen molar-refractivity contribution >= 4 is 23.7 Å². The average molecular weight is 419 g/mol. The number of benzene rings is 1. The summed E-state index contributed by atoms with van der Waals surface area (Å²) in [5.41, 5.74) is -0.239. The normalized spacial score (nSPS) is 18.0. The summed E-state index contributed by atoms with van der Waals surface area (Å²) in [7, 11) is 0. The number of ether oxygens (including phenoxy) is 1. The summed E-state index contributed by atoms with van der Waals surface area (Å²) in [6.45, 7) is 2.59. The Kier molecular flexibility index (Phi) is 5.23. The maximum Gasteiger partial charge on any atom is 0.417 e. The smallest absolute Gasteiger partial charge is 0.381 e. The Morgan fingerprint density at radius 2 is 1.83 bits per heavy atom. The second-order valence-corrected chi connectivity index (χ2v) is 7.76. The van der Waals surface area contributed by atoms with Gasteiger partial charge in [0.25, 0.3) is 5.91 Å². The summed E-state index contributed by atoms with van der Waals surface area (Å²) in [5.74, 6) is -0.447. The van der Waals surface area contributed by atoms with E-state index in [-0.39, 0.29) is 16.8 Å². The zero-order valence-electron chi connectivity index (χ0n) is 16.0. The van der Waals surface area contributed by atoms with Gasteiger partial charge in [0.1, 0.15) is 12.1 Å². The van der Waals surface area contributed by atoms with Crippen molar-refractivity contribution in [3.8, 4) is 0 Å². The van der Waals surface area contributed by atoms with Crippen LogP contribution in [0.25, 0.3) is 0 Å². The second kappa shape index (κ2) is 7.71. The number of halogens is 3. The van der Waals surface area contributed by atoms with Crippen LogP contribution in [-0.4, -0.2) is 43.5 Å². The summed E-state index contributed by atoms with van der Waals surface area (Å²) < 4.78 is 45.1. The fraction of sp³-hybridized carbons (Fsp3) is 0.381. The monoisotopic (exact) mass is 419 g/mol. The minimum atomic E-state index is -4.61. The van der Waals surface area contributed by atoms with Crippen LogP contribution in [0.1, 0.15) is 39.1 Å². The molecule has 2 aliphatic rings. The van der Waals surface area contributed by atoms with Crippen molar-refractivity contribution in [3.05, 3.63) is 53.2 Å². The van der Waals surface area contributed by atoms with Crippen molar-refractivity contribution in [2.75, 3.05) is 36.5 Å². The predicted octanol–water partition coefficient (Wildman–Crippen LogP) is 3.78. The van der Waals surface area contributed by atoms with Crippen LogP contribution in [0.15, 0.2) is 36.5 Å². The SMILES string of the molecule is O=Cc1ccc(NC(=O)c2cc(C(F)(F)F)cnc2N2CC3(CCOCC3)C2)cc1. The van der Waals surface area contributed by atoms with Crippen LogP contribution in [0, 0.1) is 5.41 Å². The summed E-state index contributed by atoms with van der Waals surface area (Å²) in [6.07, 6.45) is -1.41. The van der Waals surface area contributed by atoms with Gasteiger partial charge in [-0.2, -0.15) is 13.2 Å². The van der Waals surface area contributed by atoms with Gasteiger partial charge in [0.2, 0.25) is 0 Å². The van der Waals surface area contributed by atoms with Crippen molar-refractivity contribution < 1.29 is 27.5 Å². The van der Waals surface area contributed by atoms with Crippen LogP contribution >= 0.6 is 0 Å². The van der Waals surface area contributed by atoms with Crippen LogP contribution < -0.4 is 10.2 Å². The Balaban J connectivity index is 1.60. The number of nitrogens with zero attached hydrogens (tertiary/aromatic N) is 2. The number of carbonyl (C=O) groups excluding carboxylic acids is 2. The molecule has 2 saturated heterocycles. The minimum Gasteiger partial charge on any atom is -0.381 e. The Labute approximate surface area is 171 Å². The minimum absolute atomic E-state index is 0.0705. The van der Waals surface area contributed by atoms with Crippen LogP contribution in [0.3, 0.4) is 0 Å². The molecule has 6 nitrogen and oxygen atoms in total. The van der Waals surface area contributed by atoms with Gasteiger partial charge in [-0.1, -0.05) is 0 Å². The molecule has 1 aromatic carbocycles. The van der Waals surface area contributed by atoms with Gasteiger partial charge in [-0.3, -0.25) is 9.59 Å². The third-order valence-electron chi connectivity index (χ3n) is 5.65. The Hall–Kier alpha value is -2.94. The lowest BCUT2D eigenvalue weighted by Gasteiger charge is -2.53. The van der Waals surface area contributed by atoms with E-state index in [9.17, 15) is 22.8 Å². The molecule has 1 aromatic heterocycles. The standard InChI is InChI=1S/C21H20F3N3O3/c22-21(23,24)15-9-17(19(29)26-16-3-1-14(11-28)2-4-16)18(25-10-15)27-12-20(13-27)5-7-30-8-6-20/h1-4,9-11H,5-8,12-13H2,(H,26,29). The number of alkyl halides is 3.